The molecule has 0 aliphatic carbocycles. The second kappa shape index (κ2) is 9.53. The van der Waals surface area contributed by atoms with Crippen LogP contribution < -0.4 is 9.64 Å². The molecule has 0 radical (unpaired) electrons. The smallest absolute Gasteiger partial charge is 0.226 e. The van der Waals surface area contributed by atoms with Crippen molar-refractivity contribution in [1.29, 1.82) is 0 Å². The summed E-state index contributed by atoms with van der Waals surface area (Å²) in [5.41, 5.74) is 4.12. The maximum Gasteiger partial charge on any atom is 0.226 e. The number of piperidine rings is 1. The zero-order valence-corrected chi connectivity index (χ0v) is 19.2. The van der Waals surface area contributed by atoms with Gasteiger partial charge in [-0.25, -0.2) is 9.97 Å². The maximum absolute atomic E-state index is 6.34. The van der Waals surface area contributed by atoms with E-state index >= 15 is 0 Å². The van der Waals surface area contributed by atoms with E-state index in [-0.39, 0.29) is 0 Å². The predicted octanol–water partition coefficient (Wildman–Crippen LogP) is 5.51. The van der Waals surface area contributed by atoms with Gasteiger partial charge in [0.1, 0.15) is 0 Å². The quantitative estimate of drug-likeness (QED) is 0.395. The fourth-order valence-corrected chi connectivity index (χ4v) is 4.46. The molecule has 33 heavy (non-hydrogen) atoms. The molecule has 0 unspecified atom stereocenters. The zero-order chi connectivity index (χ0) is 22.6. The van der Waals surface area contributed by atoms with Gasteiger partial charge in [0.25, 0.3) is 0 Å². The Balaban J connectivity index is 1.35. The summed E-state index contributed by atoms with van der Waals surface area (Å²) in [7, 11) is 0. The van der Waals surface area contributed by atoms with E-state index in [1.54, 1.807) is 6.20 Å². The second-order valence-electron chi connectivity index (χ2n) is 8.92. The molecule has 0 spiro atoms. The van der Waals surface area contributed by atoms with Crippen LogP contribution in [0, 0.1) is 5.92 Å². The van der Waals surface area contributed by atoms with Crippen LogP contribution in [0.4, 0.5) is 5.69 Å². The molecule has 168 valence electrons. The molecule has 1 saturated heterocycles. The summed E-state index contributed by atoms with van der Waals surface area (Å²) in [6.07, 6.45) is 7.69. The molecule has 6 heteroatoms. The molecular weight excluding hydrogens is 410 g/mol. The molecular formula is C27H29N5O. The molecule has 4 aromatic rings. The Hall–Kier alpha value is -3.54. The van der Waals surface area contributed by atoms with Crippen molar-refractivity contribution < 1.29 is 4.74 Å². The van der Waals surface area contributed by atoms with Crippen LogP contribution in [-0.4, -0.2) is 39.6 Å². The molecule has 1 fully saturated rings. The van der Waals surface area contributed by atoms with E-state index in [9.17, 15) is 0 Å². The molecule has 0 bridgehead atoms. The molecule has 0 saturated carbocycles. The molecule has 0 N–H and O–H groups in total. The normalized spacial score (nSPS) is 14.7. The molecule has 1 aliphatic rings. The number of ether oxygens (including phenoxy) is 1. The number of hydrogen-bond acceptors (Lipinski definition) is 6. The lowest BCUT2D eigenvalue weighted by molar-refractivity contribution is 0.218. The highest BCUT2D eigenvalue weighted by molar-refractivity contribution is 5.82. The zero-order valence-electron chi connectivity index (χ0n) is 19.2. The van der Waals surface area contributed by atoms with Crippen LogP contribution in [-0.2, 0) is 0 Å². The van der Waals surface area contributed by atoms with Crippen LogP contribution in [0.5, 0.6) is 5.88 Å². The minimum Gasteiger partial charge on any atom is -0.477 e. The summed E-state index contributed by atoms with van der Waals surface area (Å²) in [6, 6.07) is 16.3. The molecule has 1 aliphatic heterocycles. The molecule has 3 aromatic heterocycles. The summed E-state index contributed by atoms with van der Waals surface area (Å²) in [5, 5.41) is 0.857. The largest absolute Gasteiger partial charge is 0.477 e. The van der Waals surface area contributed by atoms with Gasteiger partial charge in [0.2, 0.25) is 5.88 Å². The molecule has 0 amide bonds. The highest BCUT2D eigenvalue weighted by Crippen LogP contribution is 2.31. The summed E-state index contributed by atoms with van der Waals surface area (Å²) in [5.74, 6) is 2.16. The lowest BCUT2D eigenvalue weighted by Crippen LogP contribution is -2.35. The average Bonchev–Trinajstić information content (AvgIpc) is 2.88. The van der Waals surface area contributed by atoms with Crippen LogP contribution >= 0.6 is 0 Å². The van der Waals surface area contributed by atoms with Crippen molar-refractivity contribution in [2.24, 2.45) is 5.92 Å². The lowest BCUT2D eigenvalue weighted by atomic mass is 9.97. The van der Waals surface area contributed by atoms with Crippen LogP contribution in [0.1, 0.15) is 38.2 Å². The summed E-state index contributed by atoms with van der Waals surface area (Å²) < 4.78 is 6.34. The number of hydrogen-bond donors (Lipinski definition) is 0. The summed E-state index contributed by atoms with van der Waals surface area (Å²) in [6.45, 7) is 7.05. The van der Waals surface area contributed by atoms with Gasteiger partial charge in [0.15, 0.2) is 11.5 Å². The van der Waals surface area contributed by atoms with Gasteiger partial charge in [-0.2, -0.15) is 4.98 Å². The summed E-state index contributed by atoms with van der Waals surface area (Å²) in [4.78, 5) is 20.8. The topological polar surface area (TPSA) is 64.0 Å². The van der Waals surface area contributed by atoms with E-state index in [0.29, 0.717) is 35.8 Å². The van der Waals surface area contributed by atoms with Gasteiger partial charge in [-0.1, -0.05) is 38.1 Å². The average molecular weight is 440 g/mol. The lowest BCUT2D eigenvalue weighted by Gasteiger charge is -2.33. The maximum atomic E-state index is 6.34. The molecule has 5 rings (SSSR count). The van der Waals surface area contributed by atoms with Gasteiger partial charge in [0, 0.05) is 31.0 Å². The molecule has 0 atom stereocenters. The Morgan fingerprint density at radius 2 is 1.79 bits per heavy atom. The van der Waals surface area contributed by atoms with Crippen molar-refractivity contribution in [3.8, 4) is 17.3 Å². The summed E-state index contributed by atoms with van der Waals surface area (Å²) >= 11 is 0. The Morgan fingerprint density at radius 3 is 2.58 bits per heavy atom. The number of anilines is 1. The van der Waals surface area contributed by atoms with Crippen LogP contribution in [0.25, 0.3) is 22.4 Å². The van der Waals surface area contributed by atoms with Crippen molar-refractivity contribution in [2.45, 2.75) is 32.6 Å². The number of aromatic nitrogens is 4. The van der Waals surface area contributed by atoms with Crippen molar-refractivity contribution in [2.75, 3.05) is 24.6 Å². The Bertz CT molecular complexity index is 1220. The Kier molecular flexibility index (Phi) is 6.15. The van der Waals surface area contributed by atoms with Gasteiger partial charge in [0.05, 0.1) is 23.9 Å². The third-order valence-corrected chi connectivity index (χ3v) is 6.34. The van der Waals surface area contributed by atoms with E-state index in [2.05, 4.69) is 53.0 Å². The first-order valence-electron chi connectivity index (χ1n) is 11.7. The Labute approximate surface area is 194 Å². The Morgan fingerprint density at radius 1 is 0.970 bits per heavy atom. The first kappa shape index (κ1) is 21.3. The minimum atomic E-state index is 0.374. The molecule has 4 heterocycles. The third-order valence-electron chi connectivity index (χ3n) is 6.34. The molecule has 1 aromatic carbocycles. The number of benzene rings is 1. The standard InChI is InChI=1S/C27H29N5O/c1-19(2)22-8-3-4-9-23(22)26-30-25-24(10-6-14-29-25)27(31-26)33-18-20-11-15-32(16-12-20)21-7-5-13-28-17-21/h3-10,13-14,17,19-20H,11-12,15-16,18H2,1-2H3. The highest BCUT2D eigenvalue weighted by Gasteiger charge is 2.21. The van der Waals surface area contributed by atoms with Crippen LogP contribution in [0.2, 0.25) is 0 Å². The number of pyridine rings is 2. The van der Waals surface area contributed by atoms with Gasteiger partial charge in [-0.05, 0) is 54.5 Å². The highest BCUT2D eigenvalue weighted by atomic mass is 16.5. The van der Waals surface area contributed by atoms with Crippen LogP contribution in [0.15, 0.2) is 67.1 Å². The van der Waals surface area contributed by atoms with Gasteiger partial charge >= 0.3 is 0 Å². The van der Waals surface area contributed by atoms with E-state index in [4.69, 9.17) is 14.7 Å². The third kappa shape index (κ3) is 4.65. The molecule has 6 nitrogen and oxygen atoms in total. The second-order valence-corrected chi connectivity index (χ2v) is 8.92. The fraction of sp³-hybridized carbons (Fsp3) is 0.333. The SMILES string of the molecule is CC(C)c1ccccc1-c1nc(OCC2CCN(c3cccnc3)CC2)c2cccnc2n1. The predicted molar refractivity (Wildman–Crippen MR) is 132 cm³/mol. The van der Waals surface area contributed by atoms with Gasteiger partial charge in [-0.3, -0.25) is 4.98 Å². The minimum absolute atomic E-state index is 0.374. The van der Waals surface area contributed by atoms with Crippen LogP contribution in [0.3, 0.4) is 0 Å². The monoisotopic (exact) mass is 439 g/mol. The van der Waals surface area contributed by atoms with E-state index < -0.39 is 0 Å². The van der Waals surface area contributed by atoms with Crippen molar-refractivity contribution in [1.82, 2.24) is 19.9 Å². The van der Waals surface area contributed by atoms with Crippen molar-refractivity contribution in [3.05, 3.63) is 72.7 Å². The number of fused-ring (bicyclic) bond motifs is 1. The van der Waals surface area contributed by atoms with E-state index in [0.717, 1.165) is 36.9 Å². The number of nitrogens with zero attached hydrogens (tertiary/aromatic N) is 5. The number of rotatable bonds is 6. The van der Waals surface area contributed by atoms with E-state index in [1.165, 1.54) is 11.3 Å². The van der Waals surface area contributed by atoms with Crippen molar-refractivity contribution in [3.63, 3.8) is 0 Å². The first-order valence-corrected chi connectivity index (χ1v) is 11.7. The van der Waals surface area contributed by atoms with Crippen molar-refractivity contribution >= 4 is 16.7 Å². The van der Waals surface area contributed by atoms with Gasteiger partial charge in [-0.15, -0.1) is 0 Å². The van der Waals surface area contributed by atoms with Gasteiger partial charge < -0.3 is 9.64 Å². The first-order chi connectivity index (χ1) is 16.2. The fourth-order valence-electron chi connectivity index (χ4n) is 4.46. The van der Waals surface area contributed by atoms with E-state index in [1.807, 2.05) is 36.7 Å².